The van der Waals surface area contributed by atoms with Gasteiger partial charge in [0.1, 0.15) is 24.7 Å². The van der Waals surface area contributed by atoms with Crippen LogP contribution in [0.3, 0.4) is 0 Å². The molecule has 0 heterocycles. The van der Waals surface area contributed by atoms with Crippen molar-refractivity contribution in [3.63, 3.8) is 0 Å². The van der Waals surface area contributed by atoms with Crippen LogP contribution in [0.5, 0.6) is 11.5 Å². The second kappa shape index (κ2) is 9.10. The van der Waals surface area contributed by atoms with Gasteiger partial charge in [-0.15, -0.1) is 0 Å². The molecule has 0 saturated heterocycles. The maximum absolute atomic E-state index is 6.03. The van der Waals surface area contributed by atoms with Gasteiger partial charge >= 0.3 is 0 Å². The van der Waals surface area contributed by atoms with Gasteiger partial charge in [0.05, 0.1) is 0 Å². The van der Waals surface area contributed by atoms with Gasteiger partial charge in [0.15, 0.2) is 0 Å². The molecule has 0 unspecified atom stereocenters. The van der Waals surface area contributed by atoms with E-state index in [1.54, 1.807) is 0 Å². The molecule has 0 spiro atoms. The van der Waals surface area contributed by atoms with E-state index in [0.29, 0.717) is 19.1 Å². The lowest BCUT2D eigenvalue weighted by Gasteiger charge is -2.14. The second-order valence-corrected chi connectivity index (χ2v) is 6.96. The highest BCUT2D eigenvalue weighted by Crippen LogP contribution is 2.26. The van der Waals surface area contributed by atoms with E-state index >= 15 is 0 Å². The first kappa shape index (κ1) is 18.1. The van der Waals surface area contributed by atoms with Crippen molar-refractivity contribution < 1.29 is 9.47 Å². The predicted octanol–water partition coefficient (Wildman–Crippen LogP) is 6.04. The van der Waals surface area contributed by atoms with Crippen molar-refractivity contribution in [3.8, 4) is 11.5 Å². The van der Waals surface area contributed by atoms with E-state index < -0.39 is 0 Å². The van der Waals surface area contributed by atoms with Gasteiger partial charge in [0, 0.05) is 6.07 Å². The Morgan fingerprint density at radius 1 is 0.615 bits per heavy atom. The Labute approximate surface area is 156 Å². The summed E-state index contributed by atoms with van der Waals surface area (Å²) in [6.45, 7) is 5.57. The standard InChI is InChI=1S/C24H26O2/c1-19(2)13-22-14-23(25-17-20-9-5-3-6-10-20)16-24(15-22)26-18-21-11-7-4-8-12-21/h3-12,14-16,19H,13,17-18H2,1-2H3. The van der Waals surface area contributed by atoms with Crippen molar-refractivity contribution in [1.82, 2.24) is 0 Å². The zero-order valence-electron chi connectivity index (χ0n) is 15.5. The SMILES string of the molecule is CC(C)Cc1cc(OCc2ccccc2)cc(OCc2ccccc2)c1. The van der Waals surface area contributed by atoms with E-state index in [-0.39, 0.29) is 0 Å². The fraction of sp³-hybridized carbons (Fsp3) is 0.250. The fourth-order valence-corrected chi connectivity index (χ4v) is 2.87. The smallest absolute Gasteiger partial charge is 0.123 e. The van der Waals surface area contributed by atoms with Crippen molar-refractivity contribution in [2.24, 2.45) is 5.92 Å². The molecule has 0 aliphatic rings. The molecule has 3 rings (SSSR count). The van der Waals surface area contributed by atoms with Crippen molar-refractivity contribution in [2.45, 2.75) is 33.5 Å². The van der Waals surface area contributed by atoms with Crippen LogP contribution in [-0.2, 0) is 19.6 Å². The van der Waals surface area contributed by atoms with Crippen molar-refractivity contribution in [1.29, 1.82) is 0 Å². The summed E-state index contributed by atoms with van der Waals surface area (Å²) in [4.78, 5) is 0. The van der Waals surface area contributed by atoms with E-state index in [2.05, 4.69) is 50.2 Å². The molecule has 26 heavy (non-hydrogen) atoms. The Morgan fingerprint density at radius 3 is 1.50 bits per heavy atom. The van der Waals surface area contributed by atoms with Crippen LogP contribution in [0.2, 0.25) is 0 Å². The highest BCUT2D eigenvalue weighted by Gasteiger charge is 2.06. The van der Waals surface area contributed by atoms with Crippen LogP contribution >= 0.6 is 0 Å². The summed E-state index contributed by atoms with van der Waals surface area (Å²) < 4.78 is 12.1. The van der Waals surface area contributed by atoms with Crippen molar-refractivity contribution >= 4 is 0 Å². The molecular formula is C24H26O2. The van der Waals surface area contributed by atoms with Crippen LogP contribution in [0.1, 0.15) is 30.5 Å². The molecule has 0 aromatic heterocycles. The van der Waals surface area contributed by atoms with Crippen molar-refractivity contribution in [3.05, 3.63) is 95.6 Å². The molecule has 0 fully saturated rings. The minimum Gasteiger partial charge on any atom is -0.489 e. The molecule has 2 nitrogen and oxygen atoms in total. The average Bonchev–Trinajstić information content (AvgIpc) is 2.66. The third-order valence-corrected chi connectivity index (χ3v) is 4.08. The minimum absolute atomic E-state index is 0.560. The summed E-state index contributed by atoms with van der Waals surface area (Å²) in [7, 11) is 0. The zero-order chi connectivity index (χ0) is 18.2. The number of ether oxygens (including phenoxy) is 2. The lowest BCUT2D eigenvalue weighted by atomic mass is 10.0. The molecule has 134 valence electrons. The topological polar surface area (TPSA) is 18.5 Å². The molecule has 0 N–H and O–H groups in total. The van der Waals surface area contributed by atoms with E-state index in [1.165, 1.54) is 5.56 Å². The lowest BCUT2D eigenvalue weighted by Crippen LogP contribution is -2.01. The summed E-state index contributed by atoms with van der Waals surface area (Å²) in [5.41, 5.74) is 3.57. The van der Waals surface area contributed by atoms with Gasteiger partial charge in [-0.1, -0.05) is 74.5 Å². The van der Waals surface area contributed by atoms with E-state index in [0.717, 1.165) is 29.0 Å². The molecular weight excluding hydrogens is 320 g/mol. The molecule has 3 aromatic rings. The Kier molecular flexibility index (Phi) is 6.32. The summed E-state index contributed by atoms with van der Waals surface area (Å²) in [6.07, 6.45) is 1.00. The lowest BCUT2D eigenvalue weighted by molar-refractivity contribution is 0.289. The highest BCUT2D eigenvalue weighted by molar-refractivity contribution is 5.39. The summed E-state index contributed by atoms with van der Waals surface area (Å²) in [6, 6.07) is 26.7. The van der Waals surface area contributed by atoms with Gasteiger partial charge in [-0.2, -0.15) is 0 Å². The maximum atomic E-state index is 6.03. The second-order valence-electron chi connectivity index (χ2n) is 6.96. The van der Waals surface area contributed by atoms with Gasteiger partial charge < -0.3 is 9.47 Å². The summed E-state index contributed by atoms with van der Waals surface area (Å²) in [5, 5.41) is 0. The van der Waals surface area contributed by atoms with Gasteiger partial charge in [-0.3, -0.25) is 0 Å². The minimum atomic E-state index is 0.560. The molecule has 0 atom stereocenters. The van der Waals surface area contributed by atoms with Crippen molar-refractivity contribution in [2.75, 3.05) is 0 Å². The Hall–Kier alpha value is -2.74. The van der Waals surface area contributed by atoms with Crippen LogP contribution in [0.4, 0.5) is 0 Å². The largest absolute Gasteiger partial charge is 0.489 e. The third-order valence-electron chi connectivity index (χ3n) is 4.08. The molecule has 0 radical (unpaired) electrons. The van der Waals surface area contributed by atoms with Gasteiger partial charge in [-0.05, 0) is 41.2 Å². The monoisotopic (exact) mass is 346 g/mol. The predicted molar refractivity (Wildman–Crippen MR) is 107 cm³/mol. The van der Waals surface area contributed by atoms with Gasteiger partial charge in [0.2, 0.25) is 0 Å². The fourth-order valence-electron chi connectivity index (χ4n) is 2.87. The Morgan fingerprint density at radius 2 is 1.08 bits per heavy atom. The molecule has 0 aliphatic carbocycles. The molecule has 3 aromatic carbocycles. The maximum Gasteiger partial charge on any atom is 0.123 e. The van der Waals surface area contributed by atoms with Crippen LogP contribution in [-0.4, -0.2) is 0 Å². The summed E-state index contributed by atoms with van der Waals surface area (Å²) >= 11 is 0. The quantitative estimate of drug-likeness (QED) is 0.495. The molecule has 0 amide bonds. The van der Waals surface area contributed by atoms with Crippen LogP contribution in [0, 0.1) is 5.92 Å². The third kappa shape index (κ3) is 5.66. The van der Waals surface area contributed by atoms with Gasteiger partial charge in [0.25, 0.3) is 0 Å². The normalized spacial score (nSPS) is 10.7. The molecule has 0 bridgehead atoms. The molecule has 0 saturated carbocycles. The molecule has 0 aliphatic heterocycles. The van der Waals surface area contributed by atoms with Crippen LogP contribution in [0.15, 0.2) is 78.9 Å². The Bertz CT molecular complexity index is 733. The number of hydrogen-bond acceptors (Lipinski definition) is 2. The van der Waals surface area contributed by atoms with E-state index in [1.807, 2.05) is 42.5 Å². The number of benzene rings is 3. The van der Waals surface area contributed by atoms with E-state index in [9.17, 15) is 0 Å². The molecule has 2 heteroatoms. The van der Waals surface area contributed by atoms with Crippen LogP contribution in [0.25, 0.3) is 0 Å². The van der Waals surface area contributed by atoms with Crippen LogP contribution < -0.4 is 9.47 Å². The summed E-state index contributed by atoms with van der Waals surface area (Å²) in [5.74, 6) is 2.30. The zero-order valence-corrected chi connectivity index (χ0v) is 15.5. The first-order valence-electron chi connectivity index (χ1n) is 9.16. The number of rotatable bonds is 8. The number of hydrogen-bond donors (Lipinski definition) is 0. The highest BCUT2D eigenvalue weighted by atomic mass is 16.5. The van der Waals surface area contributed by atoms with E-state index in [4.69, 9.17) is 9.47 Å². The first-order valence-corrected chi connectivity index (χ1v) is 9.16. The first-order chi connectivity index (χ1) is 12.7. The average molecular weight is 346 g/mol. The Balaban J connectivity index is 1.72. The van der Waals surface area contributed by atoms with Gasteiger partial charge in [-0.25, -0.2) is 0 Å².